The molecule has 5 heteroatoms. The maximum atomic E-state index is 14.2. The van der Waals surface area contributed by atoms with E-state index in [1.807, 2.05) is 4.90 Å². The Bertz CT molecular complexity index is 546. The molecule has 0 aliphatic carbocycles. The van der Waals surface area contributed by atoms with Crippen molar-refractivity contribution in [2.24, 2.45) is 5.92 Å². The molecule has 0 bridgehead atoms. The van der Waals surface area contributed by atoms with E-state index >= 15 is 0 Å². The Morgan fingerprint density at radius 3 is 2.79 bits per heavy atom. The van der Waals surface area contributed by atoms with Gasteiger partial charge in [0, 0.05) is 23.8 Å². The van der Waals surface area contributed by atoms with Crippen LogP contribution in [0.1, 0.15) is 31.9 Å². The molecular formula is C14H17FN2O2. The van der Waals surface area contributed by atoms with Gasteiger partial charge in [0.15, 0.2) is 6.10 Å². The molecule has 0 radical (unpaired) electrons. The van der Waals surface area contributed by atoms with Crippen LogP contribution in [0.2, 0.25) is 0 Å². The third kappa shape index (κ3) is 1.89. The first-order chi connectivity index (χ1) is 8.97. The highest BCUT2D eigenvalue weighted by Crippen LogP contribution is 2.38. The summed E-state index contributed by atoms with van der Waals surface area (Å²) < 4.78 is 14.2. The van der Waals surface area contributed by atoms with E-state index in [1.54, 1.807) is 6.07 Å². The zero-order chi connectivity index (χ0) is 13.7. The highest BCUT2D eigenvalue weighted by molar-refractivity contribution is 6.02. The van der Waals surface area contributed by atoms with Crippen LogP contribution in [-0.4, -0.2) is 23.6 Å². The van der Waals surface area contributed by atoms with Crippen LogP contribution in [0.15, 0.2) is 12.1 Å². The van der Waals surface area contributed by atoms with E-state index in [0.717, 1.165) is 13.0 Å². The van der Waals surface area contributed by atoms with Crippen LogP contribution in [0.3, 0.4) is 0 Å². The van der Waals surface area contributed by atoms with Gasteiger partial charge in [-0.05, 0) is 31.4 Å². The molecule has 1 fully saturated rings. The Morgan fingerprint density at radius 1 is 1.42 bits per heavy atom. The molecule has 2 aliphatic heterocycles. The summed E-state index contributed by atoms with van der Waals surface area (Å²) in [5.41, 5.74) is 1.34. The number of aliphatic hydroxyl groups is 1. The summed E-state index contributed by atoms with van der Waals surface area (Å²) in [6, 6.07) is 3.18. The maximum Gasteiger partial charge on any atom is 0.257 e. The summed E-state index contributed by atoms with van der Waals surface area (Å²) in [6.07, 6.45) is -0.223. The number of carbonyl (C=O) groups excluding carboxylic acids is 1. The zero-order valence-electron chi connectivity index (χ0n) is 11.0. The molecule has 0 aromatic heterocycles. The molecule has 3 unspecified atom stereocenters. The molecule has 1 aromatic rings. The van der Waals surface area contributed by atoms with Gasteiger partial charge in [-0.15, -0.1) is 0 Å². The normalized spacial score (nSPS) is 29.6. The smallest absolute Gasteiger partial charge is 0.257 e. The summed E-state index contributed by atoms with van der Waals surface area (Å²) in [4.78, 5) is 13.4. The lowest BCUT2D eigenvalue weighted by atomic mass is 10.1. The number of aliphatic hydroxyl groups excluding tert-OH is 1. The molecule has 2 N–H and O–H groups in total. The number of hydrogen-bond donors (Lipinski definition) is 2. The maximum absolute atomic E-state index is 14.2. The number of hydrogen-bond acceptors (Lipinski definition) is 3. The lowest BCUT2D eigenvalue weighted by Gasteiger charge is -2.25. The molecular weight excluding hydrogens is 247 g/mol. The van der Waals surface area contributed by atoms with Crippen LogP contribution < -0.4 is 10.2 Å². The fourth-order valence-electron chi connectivity index (χ4n) is 3.11. The molecule has 4 nitrogen and oxygen atoms in total. The predicted octanol–water partition coefficient (Wildman–Crippen LogP) is 2.05. The van der Waals surface area contributed by atoms with E-state index in [9.17, 15) is 14.3 Å². The first-order valence-electron chi connectivity index (χ1n) is 6.56. The number of carbonyl (C=O) groups is 1. The second kappa shape index (κ2) is 4.20. The third-order valence-electron chi connectivity index (χ3n) is 4.01. The van der Waals surface area contributed by atoms with Gasteiger partial charge in [0.25, 0.3) is 5.91 Å². The molecule has 19 heavy (non-hydrogen) atoms. The first kappa shape index (κ1) is 12.4. The van der Waals surface area contributed by atoms with Gasteiger partial charge in [-0.2, -0.15) is 0 Å². The fourth-order valence-corrected chi connectivity index (χ4v) is 3.11. The molecule has 2 heterocycles. The van der Waals surface area contributed by atoms with Crippen molar-refractivity contribution in [3.8, 4) is 0 Å². The average molecular weight is 264 g/mol. The largest absolute Gasteiger partial charge is 0.378 e. The van der Waals surface area contributed by atoms with Crippen molar-refractivity contribution in [2.75, 3.05) is 16.8 Å². The van der Waals surface area contributed by atoms with Crippen LogP contribution >= 0.6 is 0 Å². The van der Waals surface area contributed by atoms with Crippen LogP contribution in [-0.2, 0) is 4.79 Å². The minimum absolute atomic E-state index is 0.282. The molecule has 3 atom stereocenters. The van der Waals surface area contributed by atoms with Crippen molar-refractivity contribution in [3.05, 3.63) is 23.5 Å². The van der Waals surface area contributed by atoms with Gasteiger partial charge in [-0.1, -0.05) is 6.92 Å². The SMILES string of the molecule is CC1CC(C)N(c2cc3c(cc2F)C(O)C(=O)N3)C1. The standard InChI is InChI=1S/C14H17FN2O2/c1-7-3-8(2)17(6-7)12-5-11-9(4-10(12)15)13(18)14(19)16-11/h4-5,7-8,13,18H,3,6H2,1-2H3,(H,16,19). The van der Waals surface area contributed by atoms with Crippen LogP contribution in [0.5, 0.6) is 0 Å². The summed E-state index contributed by atoms with van der Waals surface area (Å²) in [7, 11) is 0. The molecule has 3 rings (SSSR count). The van der Waals surface area contributed by atoms with Crippen molar-refractivity contribution in [1.82, 2.24) is 0 Å². The zero-order valence-corrected chi connectivity index (χ0v) is 11.0. The molecule has 0 spiro atoms. The van der Waals surface area contributed by atoms with E-state index in [4.69, 9.17) is 0 Å². The van der Waals surface area contributed by atoms with Gasteiger partial charge in [0.05, 0.1) is 5.69 Å². The second-order valence-electron chi connectivity index (χ2n) is 5.62. The molecule has 1 saturated heterocycles. The Labute approximate surface area is 111 Å². The topological polar surface area (TPSA) is 52.6 Å². The van der Waals surface area contributed by atoms with E-state index in [0.29, 0.717) is 22.9 Å². The fraction of sp³-hybridized carbons (Fsp3) is 0.500. The van der Waals surface area contributed by atoms with Crippen molar-refractivity contribution >= 4 is 17.3 Å². The van der Waals surface area contributed by atoms with E-state index in [-0.39, 0.29) is 11.9 Å². The summed E-state index contributed by atoms with van der Waals surface area (Å²) in [5, 5.41) is 12.2. The number of fused-ring (bicyclic) bond motifs is 1. The van der Waals surface area contributed by atoms with Crippen molar-refractivity contribution in [3.63, 3.8) is 0 Å². The highest BCUT2D eigenvalue weighted by atomic mass is 19.1. The minimum Gasteiger partial charge on any atom is -0.378 e. The Hall–Kier alpha value is -1.62. The third-order valence-corrected chi connectivity index (χ3v) is 4.01. The number of rotatable bonds is 1. The molecule has 0 saturated carbocycles. The Balaban J connectivity index is 2.01. The quantitative estimate of drug-likeness (QED) is 0.816. The van der Waals surface area contributed by atoms with E-state index < -0.39 is 12.0 Å². The van der Waals surface area contributed by atoms with E-state index in [2.05, 4.69) is 19.2 Å². The predicted molar refractivity (Wildman–Crippen MR) is 70.6 cm³/mol. The highest BCUT2D eigenvalue weighted by Gasteiger charge is 2.33. The molecule has 2 aliphatic rings. The first-order valence-corrected chi connectivity index (χ1v) is 6.56. The van der Waals surface area contributed by atoms with Gasteiger partial charge in [0.1, 0.15) is 5.82 Å². The van der Waals surface area contributed by atoms with Crippen LogP contribution in [0, 0.1) is 11.7 Å². The summed E-state index contributed by atoms with van der Waals surface area (Å²) >= 11 is 0. The average Bonchev–Trinajstić information content (AvgIpc) is 2.81. The Morgan fingerprint density at radius 2 is 2.16 bits per heavy atom. The van der Waals surface area contributed by atoms with Gasteiger partial charge in [0.2, 0.25) is 0 Å². The lowest BCUT2D eigenvalue weighted by molar-refractivity contribution is -0.123. The number of anilines is 2. The van der Waals surface area contributed by atoms with Crippen molar-refractivity contribution < 1.29 is 14.3 Å². The van der Waals surface area contributed by atoms with Gasteiger partial charge < -0.3 is 15.3 Å². The van der Waals surface area contributed by atoms with E-state index in [1.165, 1.54) is 6.07 Å². The Kier molecular flexibility index (Phi) is 2.74. The second-order valence-corrected chi connectivity index (χ2v) is 5.62. The number of benzene rings is 1. The molecule has 1 amide bonds. The molecule has 1 aromatic carbocycles. The van der Waals surface area contributed by atoms with Crippen molar-refractivity contribution in [2.45, 2.75) is 32.4 Å². The summed E-state index contributed by atoms with van der Waals surface area (Å²) in [6.45, 7) is 5.03. The van der Waals surface area contributed by atoms with Gasteiger partial charge in [-0.25, -0.2) is 4.39 Å². The van der Waals surface area contributed by atoms with Gasteiger partial charge in [-0.3, -0.25) is 4.79 Å². The van der Waals surface area contributed by atoms with Crippen molar-refractivity contribution in [1.29, 1.82) is 0 Å². The minimum atomic E-state index is -1.26. The number of nitrogens with zero attached hydrogens (tertiary/aromatic N) is 1. The van der Waals surface area contributed by atoms with Crippen LogP contribution in [0.4, 0.5) is 15.8 Å². The lowest BCUT2D eigenvalue weighted by Crippen LogP contribution is -2.27. The monoisotopic (exact) mass is 264 g/mol. The number of halogens is 1. The number of nitrogens with one attached hydrogen (secondary N) is 1. The molecule has 102 valence electrons. The van der Waals surface area contributed by atoms with Gasteiger partial charge >= 0.3 is 0 Å². The summed E-state index contributed by atoms with van der Waals surface area (Å²) in [5.74, 6) is -0.340. The van der Waals surface area contributed by atoms with Crippen LogP contribution in [0.25, 0.3) is 0 Å². The number of amides is 1.